The maximum atomic E-state index is 5.20. The molecule has 0 atom stereocenters. The van der Waals surface area contributed by atoms with E-state index < -0.39 is 0 Å². The van der Waals surface area contributed by atoms with Crippen LogP contribution < -0.4 is 10.1 Å². The molecule has 0 fully saturated rings. The Hall–Kier alpha value is -3.22. The van der Waals surface area contributed by atoms with Gasteiger partial charge in [0.25, 0.3) is 0 Å². The second-order valence-corrected chi connectivity index (χ2v) is 6.32. The molecule has 0 spiro atoms. The van der Waals surface area contributed by atoms with Gasteiger partial charge in [-0.2, -0.15) is 5.10 Å². The number of nitrogens with one attached hydrogen (secondary N) is 1. The van der Waals surface area contributed by atoms with Crippen molar-refractivity contribution in [2.24, 2.45) is 12.0 Å². The van der Waals surface area contributed by atoms with E-state index in [1.54, 1.807) is 14.2 Å². The van der Waals surface area contributed by atoms with Gasteiger partial charge in [-0.3, -0.25) is 4.99 Å². The average molecular weight is 366 g/mol. The van der Waals surface area contributed by atoms with Gasteiger partial charge in [0, 0.05) is 39.2 Å². The molecule has 0 aliphatic rings. The molecule has 7 heteroatoms. The summed E-state index contributed by atoms with van der Waals surface area (Å²) in [4.78, 5) is 6.46. The molecule has 2 heterocycles. The lowest BCUT2D eigenvalue weighted by molar-refractivity contribution is 0.414. The quantitative estimate of drug-likeness (QED) is 0.538. The summed E-state index contributed by atoms with van der Waals surface area (Å²) >= 11 is 0. The number of methoxy groups -OCH3 is 1. The van der Waals surface area contributed by atoms with Crippen LogP contribution in [0.4, 0.5) is 0 Å². The second kappa shape index (κ2) is 8.44. The molecule has 0 aliphatic carbocycles. The highest BCUT2D eigenvalue weighted by Crippen LogP contribution is 2.14. The molecular formula is C20H26N6O. The molecule has 0 unspecified atom stereocenters. The monoisotopic (exact) mass is 366 g/mol. The van der Waals surface area contributed by atoms with E-state index in [0.717, 1.165) is 29.6 Å². The van der Waals surface area contributed by atoms with Crippen LogP contribution in [0.2, 0.25) is 0 Å². The van der Waals surface area contributed by atoms with Gasteiger partial charge in [0.2, 0.25) is 0 Å². The zero-order valence-corrected chi connectivity index (χ0v) is 16.3. The van der Waals surface area contributed by atoms with E-state index in [-0.39, 0.29) is 0 Å². The highest BCUT2D eigenvalue weighted by Gasteiger charge is 2.09. The summed E-state index contributed by atoms with van der Waals surface area (Å²) in [6, 6.07) is 14.0. The minimum absolute atomic E-state index is 0.604. The lowest BCUT2D eigenvalue weighted by atomic mass is 10.3. The van der Waals surface area contributed by atoms with Crippen molar-refractivity contribution in [1.82, 2.24) is 24.6 Å². The van der Waals surface area contributed by atoms with E-state index in [9.17, 15) is 0 Å². The Morgan fingerprint density at radius 2 is 1.96 bits per heavy atom. The van der Waals surface area contributed by atoms with Gasteiger partial charge in [-0.1, -0.05) is 0 Å². The number of rotatable bonds is 6. The van der Waals surface area contributed by atoms with Crippen LogP contribution in [-0.2, 0) is 20.1 Å². The standard InChI is InChI=1S/C20H26N6O/c1-21-20(25(3)15-18-6-5-12-24(18)2)22-14-16-11-13-26(23-16)17-7-9-19(27-4)10-8-17/h5-13H,14-15H2,1-4H3,(H,21,22). The van der Waals surface area contributed by atoms with Gasteiger partial charge >= 0.3 is 0 Å². The summed E-state index contributed by atoms with van der Waals surface area (Å²) < 4.78 is 9.16. The number of hydrogen-bond acceptors (Lipinski definition) is 3. The molecule has 0 bridgehead atoms. The number of aryl methyl sites for hydroxylation is 1. The Labute approximate surface area is 159 Å². The van der Waals surface area contributed by atoms with Crippen molar-refractivity contribution >= 4 is 5.96 Å². The molecule has 7 nitrogen and oxygen atoms in total. The van der Waals surface area contributed by atoms with Gasteiger partial charge in [-0.05, 0) is 42.5 Å². The lowest BCUT2D eigenvalue weighted by Crippen LogP contribution is -2.38. The third-order valence-corrected chi connectivity index (χ3v) is 4.43. The van der Waals surface area contributed by atoms with Crippen LogP contribution in [0.5, 0.6) is 5.75 Å². The average Bonchev–Trinajstić information content (AvgIpc) is 3.32. The fourth-order valence-corrected chi connectivity index (χ4v) is 2.87. The van der Waals surface area contributed by atoms with Gasteiger partial charge in [-0.25, -0.2) is 4.68 Å². The minimum atomic E-state index is 0.604. The van der Waals surface area contributed by atoms with Crippen LogP contribution in [0, 0.1) is 0 Å². The van der Waals surface area contributed by atoms with Crippen molar-refractivity contribution in [2.45, 2.75) is 13.1 Å². The number of nitrogens with zero attached hydrogens (tertiary/aromatic N) is 5. The third-order valence-electron chi connectivity index (χ3n) is 4.43. The van der Waals surface area contributed by atoms with Crippen LogP contribution in [0.15, 0.2) is 59.9 Å². The largest absolute Gasteiger partial charge is 0.497 e. The molecule has 3 rings (SSSR count). The number of aliphatic imine (C=N–C) groups is 1. The predicted octanol–water partition coefficient (Wildman–Crippen LogP) is 2.43. The number of guanidine groups is 1. The highest BCUT2D eigenvalue weighted by atomic mass is 16.5. The SMILES string of the molecule is CN=C(NCc1ccn(-c2ccc(OC)cc2)n1)N(C)Cc1cccn1C. The summed E-state index contributed by atoms with van der Waals surface area (Å²) in [5.74, 6) is 1.66. The topological polar surface area (TPSA) is 59.6 Å². The normalized spacial score (nSPS) is 11.5. The molecule has 3 aromatic rings. The van der Waals surface area contributed by atoms with Gasteiger partial charge in [-0.15, -0.1) is 0 Å². The van der Waals surface area contributed by atoms with E-state index in [4.69, 9.17) is 4.74 Å². The first kappa shape index (κ1) is 18.6. The predicted molar refractivity (Wildman–Crippen MR) is 107 cm³/mol. The zero-order valence-electron chi connectivity index (χ0n) is 16.3. The number of aromatic nitrogens is 3. The molecule has 2 aromatic heterocycles. The van der Waals surface area contributed by atoms with Crippen LogP contribution in [0.25, 0.3) is 5.69 Å². The van der Waals surface area contributed by atoms with Crippen LogP contribution in [0.1, 0.15) is 11.4 Å². The van der Waals surface area contributed by atoms with Crippen molar-refractivity contribution in [3.05, 3.63) is 66.2 Å². The molecule has 0 aliphatic heterocycles. The summed E-state index contributed by atoms with van der Waals surface area (Å²) in [5, 5.41) is 8.00. The summed E-state index contributed by atoms with van der Waals surface area (Å²) in [6.07, 6.45) is 4.00. The Kier molecular flexibility index (Phi) is 5.80. The van der Waals surface area contributed by atoms with Crippen molar-refractivity contribution in [3.63, 3.8) is 0 Å². The summed E-state index contributed by atoms with van der Waals surface area (Å²) in [7, 11) is 7.53. The summed E-state index contributed by atoms with van der Waals surface area (Å²) in [6.45, 7) is 1.39. The van der Waals surface area contributed by atoms with Gasteiger partial charge < -0.3 is 19.5 Å². The molecule has 0 amide bonds. The first-order valence-corrected chi connectivity index (χ1v) is 8.81. The van der Waals surface area contributed by atoms with Crippen molar-refractivity contribution in [2.75, 3.05) is 21.2 Å². The Balaban J connectivity index is 1.60. The first-order chi connectivity index (χ1) is 13.1. The smallest absolute Gasteiger partial charge is 0.194 e. The molecule has 1 aromatic carbocycles. The van der Waals surface area contributed by atoms with Crippen LogP contribution in [-0.4, -0.2) is 46.4 Å². The Morgan fingerprint density at radius 3 is 2.59 bits per heavy atom. The highest BCUT2D eigenvalue weighted by molar-refractivity contribution is 5.79. The molecule has 27 heavy (non-hydrogen) atoms. The fourth-order valence-electron chi connectivity index (χ4n) is 2.87. The van der Waals surface area contributed by atoms with Crippen molar-refractivity contribution in [3.8, 4) is 11.4 Å². The Morgan fingerprint density at radius 1 is 1.19 bits per heavy atom. The lowest BCUT2D eigenvalue weighted by Gasteiger charge is -2.22. The molecular weight excluding hydrogens is 340 g/mol. The van der Waals surface area contributed by atoms with Crippen molar-refractivity contribution < 1.29 is 4.74 Å². The van der Waals surface area contributed by atoms with E-state index in [1.807, 2.05) is 67.6 Å². The maximum Gasteiger partial charge on any atom is 0.194 e. The van der Waals surface area contributed by atoms with Crippen molar-refractivity contribution in [1.29, 1.82) is 0 Å². The third kappa shape index (κ3) is 4.49. The van der Waals surface area contributed by atoms with E-state index in [1.165, 1.54) is 5.69 Å². The zero-order chi connectivity index (χ0) is 19.2. The maximum absolute atomic E-state index is 5.20. The number of hydrogen-bond donors (Lipinski definition) is 1. The molecule has 142 valence electrons. The van der Waals surface area contributed by atoms with Gasteiger partial charge in [0.15, 0.2) is 5.96 Å². The summed E-state index contributed by atoms with van der Waals surface area (Å²) in [5.41, 5.74) is 3.16. The number of benzene rings is 1. The van der Waals surface area contributed by atoms with E-state index in [0.29, 0.717) is 6.54 Å². The first-order valence-electron chi connectivity index (χ1n) is 8.81. The van der Waals surface area contributed by atoms with Crippen LogP contribution >= 0.6 is 0 Å². The van der Waals surface area contributed by atoms with Crippen LogP contribution in [0.3, 0.4) is 0 Å². The second-order valence-electron chi connectivity index (χ2n) is 6.32. The van der Waals surface area contributed by atoms with E-state index in [2.05, 4.69) is 30.9 Å². The molecule has 0 saturated carbocycles. The molecule has 0 saturated heterocycles. The minimum Gasteiger partial charge on any atom is -0.497 e. The molecule has 1 N–H and O–H groups in total. The van der Waals surface area contributed by atoms with E-state index >= 15 is 0 Å². The number of ether oxygens (including phenoxy) is 1. The van der Waals surface area contributed by atoms with Gasteiger partial charge in [0.1, 0.15) is 5.75 Å². The Bertz CT molecular complexity index is 893. The fraction of sp³-hybridized carbons (Fsp3) is 0.300. The van der Waals surface area contributed by atoms with Gasteiger partial charge in [0.05, 0.1) is 31.6 Å². The molecule has 0 radical (unpaired) electrons.